The first kappa shape index (κ1) is 19.4. The number of aromatic nitrogens is 2. The summed E-state index contributed by atoms with van der Waals surface area (Å²) < 4.78 is 42.8. The Morgan fingerprint density at radius 1 is 1.44 bits per heavy atom. The number of carbonyl (C=O) groups excluding carboxylic acids is 1. The van der Waals surface area contributed by atoms with Crippen molar-refractivity contribution >= 4 is 17.0 Å². The van der Waals surface area contributed by atoms with Gasteiger partial charge in [-0.25, -0.2) is 4.98 Å². The lowest BCUT2D eigenvalue weighted by Gasteiger charge is -2.35. The first-order chi connectivity index (χ1) is 12.7. The topological polar surface area (TPSA) is 91.2 Å². The molecule has 27 heavy (non-hydrogen) atoms. The molecular formula is C17H21F3N4O3. The van der Waals surface area contributed by atoms with E-state index in [4.69, 9.17) is 4.42 Å². The van der Waals surface area contributed by atoms with Gasteiger partial charge < -0.3 is 14.7 Å². The van der Waals surface area contributed by atoms with E-state index in [1.165, 1.54) is 11.2 Å². The van der Waals surface area contributed by atoms with E-state index in [0.29, 0.717) is 31.7 Å². The second-order valence-electron chi connectivity index (χ2n) is 6.94. The van der Waals surface area contributed by atoms with Gasteiger partial charge in [0.1, 0.15) is 11.1 Å². The van der Waals surface area contributed by atoms with Crippen molar-refractivity contribution in [1.82, 2.24) is 20.2 Å². The number of fused-ring (bicyclic) bond motifs is 1. The van der Waals surface area contributed by atoms with Crippen LogP contribution in [0.2, 0.25) is 0 Å². The summed E-state index contributed by atoms with van der Waals surface area (Å²) in [5.41, 5.74) is -0.231. The Morgan fingerprint density at radius 3 is 2.74 bits per heavy atom. The maximum Gasteiger partial charge on any atom is 0.401 e. The lowest BCUT2D eigenvalue weighted by molar-refractivity contribution is -0.148. The molecule has 1 atom stereocenters. The van der Waals surface area contributed by atoms with Gasteiger partial charge in [-0.05, 0) is 45.7 Å². The van der Waals surface area contributed by atoms with E-state index < -0.39 is 24.2 Å². The van der Waals surface area contributed by atoms with E-state index in [1.54, 1.807) is 6.92 Å². The molecule has 3 rings (SSSR count). The standard InChI is InChI=1S/C17H21F3N4O3/c1-9(11-3-5-24(6-4-11)7-17(18,19)20)23-15(26)12-10(2)27-16-13(12)14(25)21-8-22-16/h8-9,11H,3-7H2,1-2H3,(H,23,26)(H,21,22,25). The van der Waals surface area contributed by atoms with Crippen LogP contribution in [-0.4, -0.2) is 52.6 Å². The van der Waals surface area contributed by atoms with Crippen molar-refractivity contribution in [3.8, 4) is 0 Å². The molecule has 0 bridgehead atoms. The minimum absolute atomic E-state index is 0.0633. The van der Waals surface area contributed by atoms with E-state index in [9.17, 15) is 22.8 Å². The third-order valence-electron chi connectivity index (χ3n) is 5.00. The molecule has 0 spiro atoms. The smallest absolute Gasteiger partial charge is 0.401 e. The van der Waals surface area contributed by atoms with Gasteiger partial charge in [0.2, 0.25) is 5.71 Å². The number of aryl methyl sites for hydroxylation is 1. The van der Waals surface area contributed by atoms with Gasteiger partial charge in [0, 0.05) is 6.04 Å². The van der Waals surface area contributed by atoms with Crippen molar-refractivity contribution in [2.45, 2.75) is 38.9 Å². The molecular weight excluding hydrogens is 365 g/mol. The third-order valence-corrected chi connectivity index (χ3v) is 5.00. The molecule has 1 amide bonds. The molecule has 7 nitrogen and oxygen atoms in total. The third kappa shape index (κ3) is 4.32. The fourth-order valence-electron chi connectivity index (χ4n) is 3.59. The molecule has 1 unspecified atom stereocenters. The van der Waals surface area contributed by atoms with E-state index in [0.717, 1.165) is 0 Å². The molecule has 10 heteroatoms. The zero-order chi connectivity index (χ0) is 19.8. The Bertz CT molecular complexity index is 882. The number of hydrogen-bond acceptors (Lipinski definition) is 5. The van der Waals surface area contributed by atoms with Gasteiger partial charge >= 0.3 is 6.18 Å². The number of alkyl halides is 3. The highest BCUT2D eigenvalue weighted by atomic mass is 19.4. The molecule has 148 valence electrons. The number of carbonyl (C=O) groups is 1. The highest BCUT2D eigenvalue weighted by Gasteiger charge is 2.34. The van der Waals surface area contributed by atoms with Gasteiger partial charge in [-0.2, -0.15) is 13.2 Å². The van der Waals surface area contributed by atoms with Gasteiger partial charge in [0.05, 0.1) is 18.4 Å². The fourth-order valence-corrected chi connectivity index (χ4v) is 3.59. The predicted molar refractivity (Wildman–Crippen MR) is 91.5 cm³/mol. The molecule has 2 N–H and O–H groups in total. The molecule has 1 fully saturated rings. The van der Waals surface area contributed by atoms with Gasteiger partial charge in [-0.15, -0.1) is 0 Å². The zero-order valence-corrected chi connectivity index (χ0v) is 15.0. The van der Waals surface area contributed by atoms with Crippen LogP contribution < -0.4 is 10.9 Å². The first-order valence-electron chi connectivity index (χ1n) is 8.72. The molecule has 3 heterocycles. The Morgan fingerprint density at radius 2 is 2.11 bits per heavy atom. The summed E-state index contributed by atoms with van der Waals surface area (Å²) in [5, 5.41) is 2.95. The van der Waals surface area contributed by atoms with Gasteiger partial charge in [-0.3, -0.25) is 14.5 Å². The summed E-state index contributed by atoms with van der Waals surface area (Å²) in [5.74, 6) is -0.0952. The molecule has 2 aromatic rings. The summed E-state index contributed by atoms with van der Waals surface area (Å²) in [7, 11) is 0. The summed E-state index contributed by atoms with van der Waals surface area (Å²) in [6, 6.07) is -0.245. The Hall–Kier alpha value is -2.36. The molecule has 0 radical (unpaired) electrons. The number of hydrogen-bond donors (Lipinski definition) is 2. The molecule has 0 aliphatic carbocycles. The number of nitrogens with zero attached hydrogens (tertiary/aromatic N) is 2. The number of nitrogens with one attached hydrogen (secondary N) is 2. The Kier molecular flexibility index (Phi) is 5.27. The molecule has 1 aliphatic rings. The van der Waals surface area contributed by atoms with Crippen molar-refractivity contribution in [2.75, 3.05) is 19.6 Å². The van der Waals surface area contributed by atoms with Gasteiger partial charge in [0.15, 0.2) is 0 Å². The average Bonchev–Trinajstić information content (AvgIpc) is 2.91. The summed E-state index contributed by atoms with van der Waals surface area (Å²) in [6.07, 6.45) is -1.88. The van der Waals surface area contributed by atoms with Crippen LogP contribution >= 0.6 is 0 Å². The predicted octanol–water partition coefficient (Wildman–Crippen LogP) is 2.22. The lowest BCUT2D eigenvalue weighted by Crippen LogP contribution is -2.46. The Balaban J connectivity index is 1.66. The fraction of sp³-hybridized carbons (Fsp3) is 0.588. The minimum Gasteiger partial charge on any atom is -0.442 e. The number of furan rings is 1. The van der Waals surface area contributed by atoms with Crippen molar-refractivity contribution in [2.24, 2.45) is 5.92 Å². The minimum atomic E-state index is -4.20. The number of H-pyrrole nitrogens is 1. The van der Waals surface area contributed by atoms with Crippen LogP contribution in [-0.2, 0) is 0 Å². The van der Waals surface area contributed by atoms with Crippen molar-refractivity contribution in [3.05, 3.63) is 28.0 Å². The molecule has 2 aromatic heterocycles. The van der Waals surface area contributed by atoms with Crippen LogP contribution in [0.25, 0.3) is 11.1 Å². The van der Waals surface area contributed by atoms with Crippen molar-refractivity contribution in [1.29, 1.82) is 0 Å². The number of halogens is 3. The SMILES string of the molecule is Cc1oc2nc[nH]c(=O)c2c1C(=O)NC(C)C1CCN(CC(F)(F)F)CC1. The second kappa shape index (κ2) is 7.34. The van der Waals surface area contributed by atoms with Gasteiger partial charge in [-0.1, -0.05) is 0 Å². The molecule has 0 aromatic carbocycles. The lowest BCUT2D eigenvalue weighted by atomic mass is 9.90. The Labute approximate surface area is 152 Å². The van der Waals surface area contributed by atoms with Gasteiger partial charge in [0.25, 0.3) is 11.5 Å². The van der Waals surface area contributed by atoms with Crippen LogP contribution in [0.3, 0.4) is 0 Å². The highest BCUT2D eigenvalue weighted by Crippen LogP contribution is 2.25. The number of amides is 1. The summed E-state index contributed by atoms with van der Waals surface area (Å²) in [6.45, 7) is 3.16. The second-order valence-corrected chi connectivity index (χ2v) is 6.94. The average molecular weight is 386 g/mol. The molecule has 1 saturated heterocycles. The number of rotatable bonds is 4. The van der Waals surface area contributed by atoms with E-state index >= 15 is 0 Å². The van der Waals surface area contributed by atoms with Crippen molar-refractivity contribution in [3.63, 3.8) is 0 Å². The quantitative estimate of drug-likeness (QED) is 0.841. The van der Waals surface area contributed by atoms with Crippen LogP contribution in [0, 0.1) is 12.8 Å². The monoisotopic (exact) mass is 386 g/mol. The normalized spacial score (nSPS) is 18.0. The first-order valence-corrected chi connectivity index (χ1v) is 8.72. The van der Waals surface area contributed by atoms with Crippen LogP contribution in [0.1, 0.15) is 35.9 Å². The summed E-state index contributed by atoms with van der Waals surface area (Å²) >= 11 is 0. The zero-order valence-electron chi connectivity index (χ0n) is 15.0. The number of likely N-dealkylation sites (tertiary alicyclic amines) is 1. The van der Waals surface area contributed by atoms with Crippen molar-refractivity contribution < 1.29 is 22.4 Å². The number of piperidine rings is 1. The van der Waals surface area contributed by atoms with Crippen LogP contribution in [0.4, 0.5) is 13.2 Å². The van der Waals surface area contributed by atoms with Crippen LogP contribution in [0.5, 0.6) is 0 Å². The van der Waals surface area contributed by atoms with Crippen LogP contribution in [0.15, 0.2) is 15.5 Å². The molecule has 1 aliphatic heterocycles. The van der Waals surface area contributed by atoms with E-state index in [2.05, 4.69) is 15.3 Å². The maximum atomic E-state index is 12.7. The molecule has 0 saturated carbocycles. The largest absolute Gasteiger partial charge is 0.442 e. The summed E-state index contributed by atoms with van der Waals surface area (Å²) in [4.78, 5) is 32.4. The van der Waals surface area contributed by atoms with E-state index in [-0.39, 0.29) is 28.6 Å². The maximum absolute atomic E-state index is 12.7. The highest BCUT2D eigenvalue weighted by molar-refractivity contribution is 6.06. The van der Waals surface area contributed by atoms with E-state index in [1.807, 2.05) is 6.92 Å². The number of aromatic amines is 1.